The van der Waals surface area contributed by atoms with Gasteiger partial charge in [-0.3, -0.25) is 4.79 Å². The van der Waals surface area contributed by atoms with E-state index in [4.69, 9.17) is 4.74 Å². The molecule has 0 saturated carbocycles. The number of hydrogen-bond donors (Lipinski definition) is 1. The monoisotopic (exact) mass is 261 g/mol. The summed E-state index contributed by atoms with van der Waals surface area (Å²) in [5.41, 5.74) is 0.921. The van der Waals surface area contributed by atoms with E-state index in [9.17, 15) is 9.59 Å². The Bertz CT molecular complexity index is 325. The molecule has 0 saturated heterocycles. The Morgan fingerprint density at radius 2 is 1.82 bits per heavy atom. The standard InChI is InChI=1S/C10H10NO3.C2H6.K/c1-8(13)14-10-4-2-9(3-5-10)6-11-7-12;1-2;/h2-5H,6H2,1H3,(H,11,12);1-2H3;/q-1;;+1. The minimum atomic E-state index is -0.350. The van der Waals surface area contributed by atoms with Crippen LogP contribution in [-0.4, -0.2) is 12.4 Å². The number of nitrogens with one attached hydrogen (secondary N) is 1. The number of esters is 1. The SMILES string of the molecule is CC.CC(=O)Oc1ccc(CN[C-]=O)cc1.[K+]. The van der Waals surface area contributed by atoms with Gasteiger partial charge in [0, 0.05) is 13.5 Å². The Hall–Kier alpha value is -0.204. The molecule has 1 aromatic carbocycles. The van der Waals surface area contributed by atoms with Crippen molar-refractivity contribution in [3.63, 3.8) is 0 Å². The third-order valence-corrected chi connectivity index (χ3v) is 1.55. The fourth-order valence-electron chi connectivity index (χ4n) is 0.979. The van der Waals surface area contributed by atoms with Gasteiger partial charge >= 0.3 is 57.4 Å². The second-order valence-electron chi connectivity index (χ2n) is 2.69. The fourth-order valence-corrected chi connectivity index (χ4v) is 0.979. The molecule has 0 bridgehead atoms. The molecule has 0 spiro atoms. The number of hydrogen-bond acceptors (Lipinski definition) is 3. The Morgan fingerprint density at radius 3 is 2.24 bits per heavy atom. The zero-order valence-corrected chi connectivity index (χ0v) is 13.9. The van der Waals surface area contributed by atoms with Crippen molar-refractivity contribution in [2.24, 2.45) is 0 Å². The topological polar surface area (TPSA) is 55.4 Å². The fraction of sp³-hybridized carbons (Fsp3) is 0.333. The van der Waals surface area contributed by atoms with Crippen molar-refractivity contribution >= 4 is 12.4 Å². The molecular weight excluding hydrogens is 245 g/mol. The van der Waals surface area contributed by atoms with Gasteiger partial charge < -0.3 is 14.8 Å². The molecule has 0 unspecified atom stereocenters. The summed E-state index contributed by atoms with van der Waals surface area (Å²) in [6.07, 6.45) is 1.58. The molecule has 0 aliphatic rings. The first kappa shape index (κ1) is 19.1. The van der Waals surface area contributed by atoms with Gasteiger partial charge in [0.05, 0.1) is 0 Å². The molecular formula is C12H16KNO3. The van der Waals surface area contributed by atoms with Gasteiger partial charge in [0.15, 0.2) is 0 Å². The van der Waals surface area contributed by atoms with Gasteiger partial charge in [-0.1, -0.05) is 26.0 Å². The van der Waals surface area contributed by atoms with Gasteiger partial charge in [0.2, 0.25) is 0 Å². The molecule has 5 heteroatoms. The average Bonchev–Trinajstić information content (AvgIpc) is 2.30. The van der Waals surface area contributed by atoms with Crippen LogP contribution in [0.15, 0.2) is 24.3 Å². The third kappa shape index (κ3) is 9.49. The summed E-state index contributed by atoms with van der Waals surface area (Å²) in [6.45, 7) is 5.76. The maximum absolute atomic E-state index is 10.6. The van der Waals surface area contributed by atoms with Crippen molar-refractivity contribution < 1.29 is 65.7 Å². The number of carbonyl (C=O) groups excluding carboxylic acids is 2. The first-order valence-electron chi connectivity index (χ1n) is 5.09. The van der Waals surface area contributed by atoms with Crippen molar-refractivity contribution in [1.82, 2.24) is 5.32 Å². The second-order valence-corrected chi connectivity index (χ2v) is 2.69. The molecule has 88 valence electrons. The summed E-state index contributed by atoms with van der Waals surface area (Å²) < 4.78 is 4.84. The summed E-state index contributed by atoms with van der Waals surface area (Å²) in [4.78, 5) is 20.5. The Kier molecular flexibility index (Phi) is 13.8. The zero-order valence-electron chi connectivity index (χ0n) is 10.7. The molecule has 0 radical (unpaired) electrons. The van der Waals surface area contributed by atoms with E-state index < -0.39 is 0 Å². The quantitative estimate of drug-likeness (QED) is 0.243. The van der Waals surface area contributed by atoms with Crippen molar-refractivity contribution in [3.8, 4) is 5.75 Å². The van der Waals surface area contributed by atoms with Gasteiger partial charge in [0.25, 0.3) is 0 Å². The van der Waals surface area contributed by atoms with Crippen LogP contribution in [0.25, 0.3) is 0 Å². The van der Waals surface area contributed by atoms with E-state index in [2.05, 4.69) is 5.32 Å². The first-order valence-corrected chi connectivity index (χ1v) is 5.09. The summed E-state index contributed by atoms with van der Waals surface area (Å²) in [6, 6.07) is 6.87. The van der Waals surface area contributed by atoms with Gasteiger partial charge in [-0.2, -0.15) is 6.41 Å². The molecule has 1 amide bonds. The number of amides is 1. The van der Waals surface area contributed by atoms with Crippen LogP contribution in [-0.2, 0) is 16.1 Å². The summed E-state index contributed by atoms with van der Waals surface area (Å²) in [5, 5.41) is 2.41. The first-order chi connectivity index (χ1) is 7.72. The molecule has 0 heterocycles. The van der Waals surface area contributed by atoms with Crippen LogP contribution in [0.2, 0.25) is 0 Å². The van der Waals surface area contributed by atoms with E-state index in [0.717, 1.165) is 5.56 Å². The second kappa shape index (κ2) is 12.3. The molecule has 0 aromatic heterocycles. The Balaban J connectivity index is 0. The van der Waals surface area contributed by atoms with E-state index in [0.29, 0.717) is 12.3 Å². The number of rotatable bonds is 4. The Morgan fingerprint density at radius 1 is 1.29 bits per heavy atom. The minimum Gasteiger partial charge on any atom is -0.526 e. The van der Waals surface area contributed by atoms with Gasteiger partial charge in [-0.25, -0.2) is 0 Å². The average molecular weight is 261 g/mol. The van der Waals surface area contributed by atoms with E-state index in [1.54, 1.807) is 30.7 Å². The van der Waals surface area contributed by atoms with Gasteiger partial charge in [-0.15, -0.1) is 0 Å². The normalized spacial score (nSPS) is 7.94. The van der Waals surface area contributed by atoms with Crippen molar-refractivity contribution in [1.29, 1.82) is 0 Å². The van der Waals surface area contributed by atoms with Crippen LogP contribution >= 0.6 is 0 Å². The van der Waals surface area contributed by atoms with Crippen LogP contribution in [0.5, 0.6) is 5.75 Å². The number of carbonyl (C=O) groups is 1. The van der Waals surface area contributed by atoms with Crippen molar-refractivity contribution in [2.45, 2.75) is 27.3 Å². The van der Waals surface area contributed by atoms with Crippen molar-refractivity contribution in [2.75, 3.05) is 0 Å². The van der Waals surface area contributed by atoms with E-state index >= 15 is 0 Å². The molecule has 0 aliphatic heterocycles. The molecule has 1 rings (SSSR count). The molecule has 1 aromatic rings. The minimum absolute atomic E-state index is 0. The summed E-state index contributed by atoms with van der Waals surface area (Å²) in [5.74, 6) is 0.147. The molecule has 0 atom stereocenters. The van der Waals surface area contributed by atoms with Crippen LogP contribution in [0.3, 0.4) is 0 Å². The van der Waals surface area contributed by atoms with Crippen LogP contribution in [0.1, 0.15) is 26.3 Å². The van der Waals surface area contributed by atoms with Crippen LogP contribution in [0.4, 0.5) is 0 Å². The summed E-state index contributed by atoms with van der Waals surface area (Å²) >= 11 is 0. The molecule has 17 heavy (non-hydrogen) atoms. The smallest absolute Gasteiger partial charge is 0.526 e. The van der Waals surface area contributed by atoms with Crippen LogP contribution in [0, 0.1) is 0 Å². The third-order valence-electron chi connectivity index (χ3n) is 1.55. The van der Waals surface area contributed by atoms with E-state index in [-0.39, 0.29) is 57.4 Å². The van der Waals surface area contributed by atoms with Gasteiger partial charge in [0.1, 0.15) is 5.75 Å². The van der Waals surface area contributed by atoms with Crippen LogP contribution < -0.4 is 61.4 Å². The Labute approximate surface area is 145 Å². The maximum atomic E-state index is 10.6. The molecule has 4 nitrogen and oxygen atoms in total. The number of ether oxygens (including phenoxy) is 1. The van der Waals surface area contributed by atoms with Gasteiger partial charge in [-0.05, 0) is 17.7 Å². The summed E-state index contributed by atoms with van der Waals surface area (Å²) in [7, 11) is 0. The van der Waals surface area contributed by atoms with E-state index in [1.807, 2.05) is 13.8 Å². The largest absolute Gasteiger partial charge is 1.00 e. The predicted octanol–water partition coefficient (Wildman–Crippen LogP) is -1.20. The number of benzene rings is 1. The van der Waals surface area contributed by atoms with Crippen molar-refractivity contribution in [3.05, 3.63) is 29.8 Å². The van der Waals surface area contributed by atoms with E-state index in [1.165, 1.54) is 6.92 Å². The zero-order chi connectivity index (χ0) is 12.4. The predicted molar refractivity (Wildman–Crippen MR) is 61.6 cm³/mol. The maximum Gasteiger partial charge on any atom is 1.00 e. The molecule has 0 aliphatic carbocycles. The molecule has 1 N–H and O–H groups in total. The molecule has 0 fully saturated rings.